The summed E-state index contributed by atoms with van der Waals surface area (Å²) in [5.41, 5.74) is 4.10. The normalized spacial score (nSPS) is 19.5. The summed E-state index contributed by atoms with van der Waals surface area (Å²) in [6.45, 7) is 14.2. The van der Waals surface area contributed by atoms with Gasteiger partial charge in [0, 0.05) is 58.4 Å². The number of nitrogens with zero attached hydrogens (tertiary/aromatic N) is 7. The lowest BCUT2D eigenvalue weighted by atomic mass is 10.0. The number of aliphatic hydroxyl groups excluding tert-OH is 1. The minimum absolute atomic E-state index is 0.0916. The number of hydrogen-bond acceptors (Lipinski definition) is 8. The van der Waals surface area contributed by atoms with Crippen molar-refractivity contribution in [2.45, 2.75) is 105 Å². The number of ether oxygens (including phenoxy) is 1. The lowest BCUT2D eigenvalue weighted by Crippen LogP contribution is -2.36. The minimum Gasteiger partial charge on any atom is -0.428 e. The molecule has 5 heterocycles. The Labute approximate surface area is 359 Å². The van der Waals surface area contributed by atoms with E-state index in [2.05, 4.69) is 30.7 Å². The topological polar surface area (TPSA) is 141 Å². The first kappa shape index (κ1) is 47.5. The van der Waals surface area contributed by atoms with Crippen LogP contribution in [-0.2, 0) is 32.2 Å². The quantitative estimate of drug-likeness (QED) is 0.182. The zero-order valence-corrected chi connectivity index (χ0v) is 37.0. The van der Waals surface area contributed by atoms with Crippen molar-refractivity contribution < 1.29 is 29.0 Å². The number of para-hydroxylation sites is 3. The Morgan fingerprint density at radius 3 is 1.85 bits per heavy atom. The van der Waals surface area contributed by atoms with Crippen molar-refractivity contribution in [1.29, 1.82) is 0 Å². The van der Waals surface area contributed by atoms with E-state index in [4.69, 9.17) is 33.0 Å². The van der Waals surface area contributed by atoms with Crippen molar-refractivity contribution >= 4 is 68.9 Å². The molecule has 59 heavy (non-hydrogen) atoms. The maximum atomic E-state index is 12.1. The van der Waals surface area contributed by atoms with Gasteiger partial charge < -0.3 is 29.4 Å². The predicted molar refractivity (Wildman–Crippen MR) is 233 cm³/mol. The standard InChI is InChI=1S/C15H18ClN3O.C13H24N2O3.C8H6ClN.C8H15NO2/c1-2-5-11-8-14(20)18(9-11)10-19-13-7-4-3-6-12(13)17-15(19)16;1-4-7-11-8-12(16)15(9-11)10-18-13(17)14(5-2)6-3;9-8-5-6-3-1-2-4-7(6)10-8;1-2-3-7-4-8(11)9(5-7)6-10/h3-4,6-7,11H,2,5,8-10H2,1H3;11H,4-10H2,1-3H3;1-4H,5H2;7,10H,2-6H2,1H3. The largest absolute Gasteiger partial charge is 0.428 e. The monoisotopic (exact) mass is 855 g/mol. The Morgan fingerprint density at radius 2 is 1.29 bits per heavy atom. The van der Waals surface area contributed by atoms with Crippen molar-refractivity contribution in [2.24, 2.45) is 22.7 Å². The molecular formula is C44H63Cl2N7O6. The molecule has 7 rings (SSSR count). The Morgan fingerprint density at radius 1 is 0.763 bits per heavy atom. The Bertz CT molecular complexity index is 1870. The van der Waals surface area contributed by atoms with Crippen molar-refractivity contribution in [3.05, 3.63) is 59.4 Å². The van der Waals surface area contributed by atoms with Gasteiger partial charge in [0.15, 0.2) is 6.73 Å². The first-order valence-corrected chi connectivity index (χ1v) is 22.0. The fraction of sp³-hybridized carbons (Fsp3) is 0.591. The molecule has 3 atom stereocenters. The third-order valence-electron chi connectivity index (χ3n) is 11.0. The van der Waals surface area contributed by atoms with Crippen LogP contribution in [0.4, 0.5) is 10.5 Å². The molecule has 0 spiro atoms. The second kappa shape index (κ2) is 24.2. The number of amides is 4. The highest BCUT2D eigenvalue weighted by atomic mass is 35.5. The molecule has 3 aromatic rings. The van der Waals surface area contributed by atoms with Crippen LogP contribution in [0.5, 0.6) is 0 Å². The Hall–Kier alpha value is -4.20. The molecule has 15 heteroatoms. The molecule has 4 aliphatic heterocycles. The molecular weight excluding hydrogens is 793 g/mol. The van der Waals surface area contributed by atoms with Crippen LogP contribution >= 0.6 is 23.2 Å². The van der Waals surface area contributed by atoms with Crippen molar-refractivity contribution in [1.82, 2.24) is 29.2 Å². The van der Waals surface area contributed by atoms with Crippen molar-refractivity contribution in [3.8, 4) is 0 Å². The molecule has 324 valence electrons. The number of aliphatic imine (C=N–C) groups is 1. The minimum atomic E-state index is -0.341. The zero-order valence-electron chi connectivity index (χ0n) is 35.5. The lowest BCUT2D eigenvalue weighted by Gasteiger charge is -2.21. The molecule has 1 aromatic heterocycles. The first-order valence-electron chi connectivity index (χ1n) is 21.2. The molecule has 3 fully saturated rings. The van der Waals surface area contributed by atoms with Gasteiger partial charge in [0.2, 0.25) is 23.0 Å². The second-order valence-electron chi connectivity index (χ2n) is 15.5. The van der Waals surface area contributed by atoms with E-state index in [1.807, 2.05) is 71.8 Å². The number of carbonyl (C=O) groups is 4. The number of halogens is 2. The third-order valence-corrected chi connectivity index (χ3v) is 11.5. The number of aliphatic hydroxyl groups is 1. The lowest BCUT2D eigenvalue weighted by molar-refractivity contribution is -0.131. The van der Waals surface area contributed by atoms with Crippen molar-refractivity contribution in [2.75, 3.05) is 46.2 Å². The van der Waals surface area contributed by atoms with Gasteiger partial charge in [-0.25, -0.2) is 14.8 Å². The highest BCUT2D eigenvalue weighted by molar-refractivity contribution is 6.66. The molecule has 3 unspecified atom stereocenters. The Balaban J connectivity index is 0.000000181. The molecule has 4 aliphatic rings. The molecule has 0 radical (unpaired) electrons. The number of hydrogen-bond donors (Lipinski definition) is 1. The molecule has 0 aliphatic carbocycles. The number of benzene rings is 2. The molecule has 0 saturated carbocycles. The van der Waals surface area contributed by atoms with E-state index in [0.29, 0.717) is 67.2 Å². The van der Waals surface area contributed by atoms with Gasteiger partial charge in [-0.15, -0.1) is 0 Å². The summed E-state index contributed by atoms with van der Waals surface area (Å²) in [5, 5.41) is 9.87. The predicted octanol–water partition coefficient (Wildman–Crippen LogP) is 8.46. The summed E-state index contributed by atoms with van der Waals surface area (Å²) in [5.74, 6) is 1.82. The summed E-state index contributed by atoms with van der Waals surface area (Å²) >= 11 is 11.9. The number of fused-ring (bicyclic) bond motifs is 2. The van der Waals surface area contributed by atoms with Crippen LogP contribution in [0.15, 0.2) is 53.5 Å². The second-order valence-corrected chi connectivity index (χ2v) is 16.3. The van der Waals surface area contributed by atoms with E-state index >= 15 is 0 Å². The molecule has 13 nitrogen and oxygen atoms in total. The van der Waals surface area contributed by atoms with Crippen LogP contribution in [0.25, 0.3) is 11.0 Å². The summed E-state index contributed by atoms with van der Waals surface area (Å²) in [7, 11) is 0. The van der Waals surface area contributed by atoms with Gasteiger partial charge in [-0.05, 0) is 86.2 Å². The number of aromatic nitrogens is 2. The fourth-order valence-electron chi connectivity index (χ4n) is 7.92. The maximum absolute atomic E-state index is 12.1. The van der Waals surface area contributed by atoms with Gasteiger partial charge >= 0.3 is 6.09 Å². The van der Waals surface area contributed by atoms with Gasteiger partial charge in [0.25, 0.3) is 0 Å². The molecule has 0 bridgehead atoms. The van der Waals surface area contributed by atoms with Crippen LogP contribution < -0.4 is 0 Å². The van der Waals surface area contributed by atoms with E-state index in [1.165, 1.54) is 10.5 Å². The van der Waals surface area contributed by atoms with Crippen molar-refractivity contribution in [3.63, 3.8) is 0 Å². The fourth-order valence-corrected chi connectivity index (χ4v) is 8.39. The first-order chi connectivity index (χ1) is 28.4. The highest BCUT2D eigenvalue weighted by Gasteiger charge is 2.31. The van der Waals surface area contributed by atoms with Gasteiger partial charge in [-0.2, -0.15) is 0 Å². The smallest absolute Gasteiger partial charge is 0.411 e. The van der Waals surface area contributed by atoms with Gasteiger partial charge in [-0.1, -0.05) is 82.0 Å². The SMILES string of the molecule is CCCC1CC(=O)N(CO)C1.CCCC1CC(=O)N(COC(=O)N(CC)CC)C1.CCCC1CC(=O)N(Cn2c(Cl)nc3ccccc32)C1.ClC1=Nc2ccccc2C1. The van der Waals surface area contributed by atoms with Gasteiger partial charge in [0.1, 0.15) is 18.6 Å². The van der Waals surface area contributed by atoms with Crippen LogP contribution in [0.2, 0.25) is 5.28 Å². The van der Waals surface area contributed by atoms with Crippen LogP contribution in [0.1, 0.15) is 98.0 Å². The summed E-state index contributed by atoms with van der Waals surface area (Å²) < 4.78 is 7.06. The molecule has 2 aromatic carbocycles. The molecule has 4 amide bonds. The van der Waals surface area contributed by atoms with E-state index in [-0.39, 0.29) is 37.3 Å². The molecule has 3 saturated heterocycles. The van der Waals surface area contributed by atoms with Crippen LogP contribution in [0, 0.1) is 17.8 Å². The average Bonchev–Trinajstić information content (AvgIpc) is 4.03. The number of likely N-dealkylation sites (tertiary alicyclic amines) is 3. The maximum Gasteiger partial charge on any atom is 0.411 e. The summed E-state index contributed by atoms with van der Waals surface area (Å²) in [6.07, 6.45) is 8.96. The van der Waals surface area contributed by atoms with E-state index in [1.54, 1.807) is 9.80 Å². The summed E-state index contributed by atoms with van der Waals surface area (Å²) in [6, 6.07) is 15.8. The van der Waals surface area contributed by atoms with E-state index in [0.717, 1.165) is 81.3 Å². The van der Waals surface area contributed by atoms with Gasteiger partial charge in [0.05, 0.1) is 16.7 Å². The Kier molecular flexibility index (Phi) is 19.4. The zero-order chi connectivity index (χ0) is 42.9. The molecule has 1 N–H and O–H groups in total. The number of carbonyl (C=O) groups excluding carboxylic acids is 4. The van der Waals surface area contributed by atoms with Crippen LogP contribution in [-0.4, -0.2) is 109 Å². The number of rotatable bonds is 13. The van der Waals surface area contributed by atoms with Crippen LogP contribution in [0.3, 0.4) is 0 Å². The third kappa shape index (κ3) is 13.9. The van der Waals surface area contributed by atoms with E-state index < -0.39 is 0 Å². The van der Waals surface area contributed by atoms with E-state index in [9.17, 15) is 19.2 Å². The average molecular weight is 857 g/mol. The highest BCUT2D eigenvalue weighted by Crippen LogP contribution is 2.28. The number of imidazole rings is 1. The van der Waals surface area contributed by atoms with Gasteiger partial charge in [-0.3, -0.25) is 19.0 Å². The summed E-state index contributed by atoms with van der Waals surface area (Å²) in [4.78, 5) is 61.6.